The molecular formula is C20H30N8. The third kappa shape index (κ3) is 3.41. The number of hydrogen-bond donors (Lipinski definition) is 4. The summed E-state index contributed by atoms with van der Waals surface area (Å²) in [5, 5.41) is 13.9. The molecule has 0 aromatic heterocycles. The van der Waals surface area contributed by atoms with Gasteiger partial charge in [-0.1, -0.05) is 18.2 Å². The average molecular weight is 383 g/mol. The molecule has 0 saturated carbocycles. The zero-order valence-electron chi connectivity index (χ0n) is 16.8. The van der Waals surface area contributed by atoms with Crippen molar-refractivity contribution in [2.75, 3.05) is 33.7 Å². The Hall–Kier alpha value is -2.71. The fourth-order valence-corrected chi connectivity index (χ4v) is 4.20. The Morgan fingerprint density at radius 1 is 1.32 bits per heavy atom. The molecule has 8 nitrogen and oxygen atoms in total. The number of nitrogens with zero attached hydrogens (tertiary/aromatic N) is 4. The molecule has 0 saturated heterocycles. The second-order valence-corrected chi connectivity index (χ2v) is 7.78. The fourth-order valence-electron chi connectivity index (χ4n) is 4.20. The van der Waals surface area contributed by atoms with E-state index >= 15 is 0 Å². The van der Waals surface area contributed by atoms with Crippen LogP contribution in [0.25, 0.3) is 5.70 Å². The summed E-state index contributed by atoms with van der Waals surface area (Å²) in [7, 11) is 4.03. The van der Waals surface area contributed by atoms with Gasteiger partial charge in [-0.25, -0.2) is 11.3 Å². The van der Waals surface area contributed by atoms with Crippen molar-refractivity contribution in [2.45, 2.75) is 25.3 Å². The Kier molecular flexibility index (Phi) is 4.91. The molecule has 4 rings (SSSR count). The van der Waals surface area contributed by atoms with Gasteiger partial charge in [0, 0.05) is 57.1 Å². The molecule has 28 heavy (non-hydrogen) atoms. The van der Waals surface area contributed by atoms with Crippen molar-refractivity contribution < 1.29 is 0 Å². The van der Waals surface area contributed by atoms with Crippen LogP contribution in [0.2, 0.25) is 0 Å². The van der Waals surface area contributed by atoms with Gasteiger partial charge in [-0.15, -0.1) is 0 Å². The van der Waals surface area contributed by atoms with Gasteiger partial charge >= 0.3 is 0 Å². The Bertz CT molecular complexity index is 839. The quantitative estimate of drug-likeness (QED) is 0.575. The molecule has 3 aliphatic heterocycles. The van der Waals surface area contributed by atoms with E-state index in [0.29, 0.717) is 5.92 Å². The number of nitrogens with one attached hydrogen (secondary N) is 2. The Morgan fingerprint density at radius 2 is 2.14 bits per heavy atom. The lowest BCUT2D eigenvalue weighted by Crippen LogP contribution is -2.35. The van der Waals surface area contributed by atoms with Crippen molar-refractivity contribution in [3.05, 3.63) is 52.5 Å². The van der Waals surface area contributed by atoms with Gasteiger partial charge in [0.15, 0.2) is 0 Å². The normalized spacial score (nSPS) is 26.3. The molecule has 6 N–H and O–H groups in total. The summed E-state index contributed by atoms with van der Waals surface area (Å²) in [4.78, 5) is 0. The molecule has 0 amide bonds. The van der Waals surface area contributed by atoms with Crippen LogP contribution in [0.3, 0.4) is 0 Å². The molecule has 3 heterocycles. The highest BCUT2D eigenvalue weighted by Crippen LogP contribution is 2.36. The summed E-state index contributed by atoms with van der Waals surface area (Å²) in [5.41, 5.74) is 14.8. The zero-order chi connectivity index (χ0) is 19.8. The lowest BCUT2D eigenvalue weighted by Gasteiger charge is -2.26. The number of fused-ring (bicyclic) bond motifs is 1. The third-order valence-corrected chi connectivity index (χ3v) is 5.67. The molecule has 8 heteroatoms. The molecule has 150 valence electrons. The van der Waals surface area contributed by atoms with Gasteiger partial charge in [0.05, 0.1) is 11.7 Å². The molecular weight excluding hydrogens is 352 g/mol. The second-order valence-electron chi connectivity index (χ2n) is 7.78. The standard InChI is InChI=1S/C20H30N8/c1-13(21)20-16-5-4-14(15-11-24-26(2)12-15)10-17(16)18(7-9-28(20)22)25-19-6-8-23-27(19)3/h4-6,10-11,15,18,23,25H,7-9,12,21-22H2,1-3H3/b20-13-. The van der Waals surface area contributed by atoms with Crippen LogP contribution in [0, 0.1) is 0 Å². The number of likely N-dealkylation sites (N-methyl/N-ethyl adjacent to an activating group) is 1. The summed E-state index contributed by atoms with van der Waals surface area (Å²) < 4.78 is 0. The highest BCUT2D eigenvalue weighted by Gasteiger charge is 2.28. The zero-order valence-corrected chi connectivity index (χ0v) is 16.8. The molecule has 0 fully saturated rings. The van der Waals surface area contributed by atoms with E-state index in [1.807, 2.05) is 37.3 Å². The van der Waals surface area contributed by atoms with Crippen LogP contribution < -0.4 is 22.3 Å². The second kappa shape index (κ2) is 7.37. The number of hydrogen-bond acceptors (Lipinski definition) is 8. The highest BCUT2D eigenvalue weighted by atomic mass is 15.5. The van der Waals surface area contributed by atoms with E-state index in [1.165, 1.54) is 11.1 Å². The largest absolute Gasteiger partial charge is 0.401 e. The topological polar surface area (TPSA) is 98.2 Å². The summed E-state index contributed by atoms with van der Waals surface area (Å²) in [6.07, 6.45) is 5.07. The minimum absolute atomic E-state index is 0.141. The van der Waals surface area contributed by atoms with Gasteiger partial charge in [-0.3, -0.25) is 10.0 Å². The predicted octanol–water partition coefficient (Wildman–Crippen LogP) is 0.850. The summed E-state index contributed by atoms with van der Waals surface area (Å²) >= 11 is 0. The molecule has 0 spiro atoms. The maximum absolute atomic E-state index is 6.37. The third-order valence-electron chi connectivity index (χ3n) is 5.67. The van der Waals surface area contributed by atoms with E-state index in [2.05, 4.69) is 40.1 Å². The van der Waals surface area contributed by atoms with Gasteiger partial charge < -0.3 is 16.1 Å². The van der Waals surface area contributed by atoms with Crippen molar-refractivity contribution in [2.24, 2.45) is 16.7 Å². The van der Waals surface area contributed by atoms with Crippen LogP contribution in [-0.2, 0) is 0 Å². The number of hydrazone groups is 1. The highest BCUT2D eigenvalue weighted by molar-refractivity contribution is 5.73. The van der Waals surface area contributed by atoms with Crippen LogP contribution in [0.15, 0.2) is 40.9 Å². The first-order valence-electron chi connectivity index (χ1n) is 9.76. The van der Waals surface area contributed by atoms with E-state index in [0.717, 1.165) is 48.8 Å². The van der Waals surface area contributed by atoms with Crippen molar-refractivity contribution >= 4 is 11.9 Å². The van der Waals surface area contributed by atoms with E-state index in [9.17, 15) is 0 Å². The Balaban J connectivity index is 1.76. The molecule has 1 aromatic carbocycles. The molecule has 1 aromatic rings. The molecule has 0 aliphatic carbocycles. The van der Waals surface area contributed by atoms with Crippen LogP contribution in [-0.4, -0.2) is 55.0 Å². The summed E-state index contributed by atoms with van der Waals surface area (Å²) in [5.74, 6) is 7.76. The van der Waals surface area contributed by atoms with Crippen molar-refractivity contribution in [3.8, 4) is 0 Å². The van der Waals surface area contributed by atoms with Crippen molar-refractivity contribution in [1.29, 1.82) is 0 Å². The molecule has 0 bridgehead atoms. The van der Waals surface area contributed by atoms with E-state index in [1.54, 1.807) is 5.01 Å². The van der Waals surface area contributed by atoms with Gasteiger partial charge in [-0.2, -0.15) is 5.10 Å². The maximum atomic E-state index is 6.37. The van der Waals surface area contributed by atoms with E-state index < -0.39 is 0 Å². The van der Waals surface area contributed by atoms with Crippen LogP contribution in [0.4, 0.5) is 0 Å². The predicted molar refractivity (Wildman–Crippen MR) is 112 cm³/mol. The lowest BCUT2D eigenvalue weighted by atomic mass is 9.90. The van der Waals surface area contributed by atoms with Crippen molar-refractivity contribution in [3.63, 3.8) is 0 Å². The van der Waals surface area contributed by atoms with Gasteiger partial charge in [0.25, 0.3) is 0 Å². The number of hydrazine groups is 2. The molecule has 0 radical (unpaired) electrons. The van der Waals surface area contributed by atoms with Gasteiger partial charge in [-0.05, 0) is 30.5 Å². The monoisotopic (exact) mass is 382 g/mol. The van der Waals surface area contributed by atoms with Crippen LogP contribution in [0.5, 0.6) is 0 Å². The first-order valence-corrected chi connectivity index (χ1v) is 9.76. The van der Waals surface area contributed by atoms with Crippen LogP contribution in [0.1, 0.15) is 42.0 Å². The molecule has 2 atom stereocenters. The Labute approximate surface area is 166 Å². The fraction of sp³-hybridized carbons (Fsp3) is 0.450. The number of rotatable bonds is 3. The Morgan fingerprint density at radius 3 is 2.79 bits per heavy atom. The molecule has 3 aliphatic rings. The first-order chi connectivity index (χ1) is 13.4. The molecule has 2 unspecified atom stereocenters. The number of benzene rings is 1. The minimum atomic E-state index is 0.141. The average Bonchev–Trinajstić information content (AvgIpc) is 3.23. The lowest BCUT2D eigenvalue weighted by molar-refractivity contribution is 0.302. The number of allylic oxidation sites excluding steroid dienone is 1. The smallest absolute Gasteiger partial charge is 0.113 e. The summed E-state index contributed by atoms with van der Waals surface area (Å²) in [6.45, 7) is 4.37. The van der Waals surface area contributed by atoms with Gasteiger partial charge in [0.2, 0.25) is 0 Å². The first kappa shape index (κ1) is 18.6. The summed E-state index contributed by atoms with van der Waals surface area (Å²) in [6, 6.07) is 6.78. The van der Waals surface area contributed by atoms with Crippen molar-refractivity contribution in [1.82, 2.24) is 25.8 Å². The van der Waals surface area contributed by atoms with Crippen LogP contribution >= 0.6 is 0 Å². The van der Waals surface area contributed by atoms with Gasteiger partial charge in [0.1, 0.15) is 5.82 Å². The van der Waals surface area contributed by atoms with E-state index in [-0.39, 0.29) is 6.04 Å². The maximum Gasteiger partial charge on any atom is 0.113 e. The minimum Gasteiger partial charge on any atom is -0.401 e. The number of nitrogens with two attached hydrogens (primary N) is 2. The van der Waals surface area contributed by atoms with E-state index in [4.69, 9.17) is 11.6 Å². The SMILES string of the molecule is C/C(N)=C1\c2ccc(C3C=NN(C)C3)cc2C(NC2=CCNN2C)CCN1N.